The zero-order valence-electron chi connectivity index (χ0n) is 10.4. The number of rotatable bonds is 6. The first kappa shape index (κ1) is 14.2. The van der Waals surface area contributed by atoms with Gasteiger partial charge >= 0.3 is 6.61 Å². The predicted molar refractivity (Wildman–Crippen MR) is 69.9 cm³/mol. The van der Waals surface area contributed by atoms with Crippen molar-refractivity contribution in [1.29, 1.82) is 0 Å². The van der Waals surface area contributed by atoms with Crippen molar-refractivity contribution in [3.05, 3.63) is 59.9 Å². The van der Waals surface area contributed by atoms with E-state index in [2.05, 4.69) is 15.6 Å². The molecule has 0 saturated carbocycles. The Bertz CT molecular complexity index is 549. The van der Waals surface area contributed by atoms with Crippen molar-refractivity contribution in [3.63, 3.8) is 0 Å². The highest BCUT2D eigenvalue weighted by Gasteiger charge is 2.07. The summed E-state index contributed by atoms with van der Waals surface area (Å²) in [6.07, 6.45) is 0. The first-order valence-corrected chi connectivity index (χ1v) is 5.92. The topological polar surface area (TPSA) is 33.3 Å². The van der Waals surface area contributed by atoms with Gasteiger partial charge in [0, 0.05) is 18.3 Å². The minimum Gasteiger partial charge on any atom is -0.435 e. The highest BCUT2D eigenvalue weighted by atomic mass is 19.3. The molecule has 2 rings (SSSR count). The average molecular weight is 282 g/mol. The van der Waals surface area contributed by atoms with Gasteiger partial charge in [-0.15, -0.1) is 0 Å². The quantitative estimate of drug-likeness (QED) is 0.795. The summed E-state index contributed by atoms with van der Waals surface area (Å²) in [6.45, 7) is -2.72. The monoisotopic (exact) mass is 282 g/mol. The third-order valence-corrected chi connectivity index (χ3v) is 2.46. The van der Waals surface area contributed by atoms with Gasteiger partial charge in [-0.05, 0) is 29.8 Å². The number of hydrogen-bond acceptors (Lipinski definition) is 3. The van der Waals surface area contributed by atoms with Crippen molar-refractivity contribution in [2.75, 3.05) is 5.43 Å². The Balaban J connectivity index is 1.93. The Morgan fingerprint density at radius 3 is 2.50 bits per heavy atom. The van der Waals surface area contributed by atoms with Crippen LogP contribution in [0.5, 0.6) is 5.75 Å². The van der Waals surface area contributed by atoms with E-state index >= 15 is 0 Å². The van der Waals surface area contributed by atoms with Gasteiger partial charge in [0.2, 0.25) is 0 Å². The van der Waals surface area contributed by atoms with Gasteiger partial charge in [0.1, 0.15) is 11.6 Å². The second-order valence-electron chi connectivity index (χ2n) is 4.02. The molecule has 0 saturated heterocycles. The summed E-state index contributed by atoms with van der Waals surface area (Å²) in [5.74, 6) is -0.823. The average Bonchev–Trinajstić information content (AvgIpc) is 2.38. The van der Waals surface area contributed by atoms with E-state index in [0.29, 0.717) is 5.56 Å². The van der Waals surface area contributed by atoms with Gasteiger partial charge < -0.3 is 10.2 Å². The van der Waals surface area contributed by atoms with Crippen molar-refractivity contribution < 1.29 is 17.9 Å². The minimum absolute atomic E-state index is 0.198. The van der Waals surface area contributed by atoms with E-state index in [4.69, 9.17) is 0 Å². The molecular formula is C14H13F3N2O. The molecule has 0 aliphatic heterocycles. The van der Waals surface area contributed by atoms with Crippen LogP contribution in [0.25, 0.3) is 0 Å². The molecule has 0 amide bonds. The summed E-state index contributed by atoms with van der Waals surface area (Å²) in [4.78, 5) is 0. The van der Waals surface area contributed by atoms with Crippen LogP contribution in [0.4, 0.5) is 18.9 Å². The Hall–Kier alpha value is -2.21. The van der Waals surface area contributed by atoms with E-state index in [1.807, 2.05) is 30.3 Å². The van der Waals surface area contributed by atoms with Crippen molar-refractivity contribution in [2.45, 2.75) is 13.2 Å². The summed E-state index contributed by atoms with van der Waals surface area (Å²) >= 11 is 0. The highest BCUT2D eigenvalue weighted by Crippen LogP contribution is 2.18. The van der Waals surface area contributed by atoms with Crippen LogP contribution in [0.2, 0.25) is 0 Å². The van der Waals surface area contributed by atoms with Crippen LogP contribution in [-0.2, 0) is 6.54 Å². The molecule has 0 atom stereocenters. The molecule has 2 aromatic carbocycles. The van der Waals surface area contributed by atoms with E-state index in [-0.39, 0.29) is 12.3 Å². The lowest BCUT2D eigenvalue weighted by Crippen LogP contribution is -2.20. The van der Waals surface area contributed by atoms with Gasteiger partial charge in [-0.3, -0.25) is 0 Å². The summed E-state index contributed by atoms with van der Waals surface area (Å²) in [6, 6.07) is 12.8. The molecule has 0 fully saturated rings. The van der Waals surface area contributed by atoms with Gasteiger partial charge in [0.15, 0.2) is 0 Å². The maximum Gasteiger partial charge on any atom is 0.387 e. The third kappa shape index (κ3) is 4.47. The molecular weight excluding hydrogens is 269 g/mol. The lowest BCUT2D eigenvalue weighted by Gasteiger charge is -2.10. The first-order chi connectivity index (χ1) is 9.63. The maximum absolute atomic E-state index is 13.3. The molecule has 0 unspecified atom stereocenters. The Labute approximate surface area is 114 Å². The maximum atomic E-state index is 13.3. The number of anilines is 1. The number of para-hydroxylation sites is 1. The highest BCUT2D eigenvalue weighted by molar-refractivity contribution is 5.41. The van der Waals surface area contributed by atoms with Crippen molar-refractivity contribution in [3.8, 4) is 5.75 Å². The van der Waals surface area contributed by atoms with Crippen LogP contribution in [0, 0.1) is 5.82 Å². The number of benzene rings is 2. The minimum atomic E-state index is -2.97. The van der Waals surface area contributed by atoms with Gasteiger partial charge in [0.25, 0.3) is 0 Å². The number of halogens is 3. The lowest BCUT2D eigenvalue weighted by atomic mass is 10.2. The molecule has 0 radical (unpaired) electrons. The van der Waals surface area contributed by atoms with Crippen LogP contribution in [-0.4, -0.2) is 6.61 Å². The summed E-state index contributed by atoms with van der Waals surface area (Å²) in [7, 11) is 0. The smallest absolute Gasteiger partial charge is 0.387 e. The molecule has 20 heavy (non-hydrogen) atoms. The molecule has 3 nitrogen and oxygen atoms in total. The fourth-order valence-corrected chi connectivity index (χ4v) is 1.66. The molecule has 0 aromatic heterocycles. The molecule has 6 heteroatoms. The third-order valence-electron chi connectivity index (χ3n) is 2.46. The van der Waals surface area contributed by atoms with E-state index in [1.165, 1.54) is 12.1 Å². The van der Waals surface area contributed by atoms with E-state index < -0.39 is 12.4 Å². The molecule has 2 N–H and O–H groups in total. The van der Waals surface area contributed by atoms with Gasteiger partial charge in [-0.1, -0.05) is 18.2 Å². The SMILES string of the molecule is Fc1cc(CNNc2ccccc2)cc(OC(F)F)c1. The predicted octanol–water partition coefficient (Wildman–Crippen LogP) is 3.54. The van der Waals surface area contributed by atoms with Gasteiger partial charge in [-0.2, -0.15) is 8.78 Å². The van der Waals surface area contributed by atoms with Crippen molar-refractivity contribution in [2.24, 2.45) is 0 Å². The Morgan fingerprint density at radius 2 is 1.80 bits per heavy atom. The lowest BCUT2D eigenvalue weighted by molar-refractivity contribution is -0.0500. The van der Waals surface area contributed by atoms with E-state index in [9.17, 15) is 13.2 Å². The number of hydrogen-bond donors (Lipinski definition) is 2. The molecule has 106 valence electrons. The molecule has 0 spiro atoms. The second kappa shape index (κ2) is 6.81. The fraction of sp³-hybridized carbons (Fsp3) is 0.143. The fourth-order valence-electron chi connectivity index (χ4n) is 1.66. The normalized spacial score (nSPS) is 10.6. The number of alkyl halides is 2. The zero-order chi connectivity index (χ0) is 14.4. The molecule has 0 aliphatic carbocycles. The Morgan fingerprint density at radius 1 is 1.05 bits per heavy atom. The van der Waals surface area contributed by atoms with Crippen LogP contribution >= 0.6 is 0 Å². The first-order valence-electron chi connectivity index (χ1n) is 5.92. The Kier molecular flexibility index (Phi) is 4.84. The second-order valence-corrected chi connectivity index (χ2v) is 4.02. The summed E-state index contributed by atoms with van der Waals surface area (Å²) in [5.41, 5.74) is 7.11. The van der Waals surface area contributed by atoms with Gasteiger partial charge in [0.05, 0.1) is 0 Å². The summed E-state index contributed by atoms with van der Waals surface area (Å²) < 4.78 is 41.6. The molecule has 0 bridgehead atoms. The largest absolute Gasteiger partial charge is 0.435 e. The van der Waals surface area contributed by atoms with E-state index in [0.717, 1.165) is 11.8 Å². The zero-order valence-corrected chi connectivity index (χ0v) is 10.4. The van der Waals surface area contributed by atoms with Crippen LogP contribution in [0.3, 0.4) is 0 Å². The van der Waals surface area contributed by atoms with E-state index in [1.54, 1.807) is 0 Å². The van der Waals surface area contributed by atoms with Crippen molar-refractivity contribution in [1.82, 2.24) is 5.43 Å². The molecule has 0 aliphatic rings. The molecule has 0 heterocycles. The van der Waals surface area contributed by atoms with Crippen LogP contribution < -0.4 is 15.6 Å². The summed E-state index contributed by atoms with van der Waals surface area (Å²) in [5, 5.41) is 0. The number of hydrazine groups is 1. The van der Waals surface area contributed by atoms with Gasteiger partial charge in [-0.25, -0.2) is 9.82 Å². The number of ether oxygens (including phenoxy) is 1. The number of nitrogens with one attached hydrogen (secondary N) is 2. The molecule has 2 aromatic rings. The van der Waals surface area contributed by atoms with Crippen LogP contribution in [0.15, 0.2) is 48.5 Å². The van der Waals surface area contributed by atoms with Crippen molar-refractivity contribution >= 4 is 5.69 Å². The van der Waals surface area contributed by atoms with Crippen LogP contribution in [0.1, 0.15) is 5.56 Å². The standard InChI is InChI=1S/C14H13F3N2O/c15-11-6-10(7-13(8-11)20-14(16)17)9-18-19-12-4-2-1-3-5-12/h1-8,14,18-19H,9H2.